The van der Waals surface area contributed by atoms with E-state index in [4.69, 9.17) is 0 Å². The normalized spacial score (nSPS) is 15.9. The maximum absolute atomic E-state index is 12.7. The van der Waals surface area contributed by atoms with Gasteiger partial charge < -0.3 is 4.90 Å². The minimum Gasteiger partial charge on any atom is -0.336 e. The molecule has 1 aromatic carbocycles. The average Bonchev–Trinajstić information content (AvgIpc) is 2.91. The van der Waals surface area contributed by atoms with E-state index in [-0.39, 0.29) is 5.91 Å². The van der Waals surface area contributed by atoms with E-state index in [1.54, 1.807) is 11.3 Å². The third kappa shape index (κ3) is 4.22. The molecule has 0 bridgehead atoms. The van der Waals surface area contributed by atoms with Gasteiger partial charge in [-0.2, -0.15) is 0 Å². The Hall–Kier alpha value is -1.17. The van der Waals surface area contributed by atoms with Crippen LogP contribution in [0.3, 0.4) is 0 Å². The van der Waals surface area contributed by atoms with Gasteiger partial charge in [-0.1, -0.05) is 17.2 Å². The monoisotopic (exact) mass is 392 g/mol. The SMILES string of the molecule is Cc1cc(C)cc(C(=O)N2CCN(Cc3ccc(Br)s3)CC2)c1. The van der Waals surface area contributed by atoms with Crippen LogP contribution in [0.4, 0.5) is 0 Å². The second-order valence-corrected chi connectivity index (χ2v) is 8.70. The molecule has 1 aliphatic heterocycles. The molecule has 0 radical (unpaired) electrons. The number of piperazine rings is 1. The van der Waals surface area contributed by atoms with Crippen LogP contribution in [0.25, 0.3) is 0 Å². The molecular formula is C18H21BrN2OS. The van der Waals surface area contributed by atoms with Gasteiger partial charge in [0.25, 0.3) is 5.91 Å². The van der Waals surface area contributed by atoms with Crippen molar-refractivity contribution in [2.75, 3.05) is 26.2 Å². The van der Waals surface area contributed by atoms with Crippen LogP contribution in [-0.2, 0) is 6.54 Å². The lowest BCUT2D eigenvalue weighted by Crippen LogP contribution is -2.48. The van der Waals surface area contributed by atoms with Gasteiger partial charge in [0.1, 0.15) is 0 Å². The van der Waals surface area contributed by atoms with E-state index < -0.39 is 0 Å². The smallest absolute Gasteiger partial charge is 0.253 e. The number of hydrogen-bond acceptors (Lipinski definition) is 3. The van der Waals surface area contributed by atoms with Crippen molar-refractivity contribution in [3.05, 3.63) is 55.7 Å². The molecule has 0 atom stereocenters. The van der Waals surface area contributed by atoms with Crippen LogP contribution in [0.15, 0.2) is 34.1 Å². The predicted molar refractivity (Wildman–Crippen MR) is 99.1 cm³/mol. The van der Waals surface area contributed by atoms with Crippen molar-refractivity contribution in [1.29, 1.82) is 0 Å². The van der Waals surface area contributed by atoms with Gasteiger partial charge >= 0.3 is 0 Å². The molecule has 1 amide bonds. The summed E-state index contributed by atoms with van der Waals surface area (Å²) in [6.07, 6.45) is 0. The van der Waals surface area contributed by atoms with Crippen molar-refractivity contribution < 1.29 is 4.79 Å². The Morgan fingerprint density at radius 2 is 1.74 bits per heavy atom. The van der Waals surface area contributed by atoms with Crippen molar-refractivity contribution in [3.63, 3.8) is 0 Å². The summed E-state index contributed by atoms with van der Waals surface area (Å²) in [5.41, 5.74) is 3.11. The van der Waals surface area contributed by atoms with Gasteiger partial charge in [0.2, 0.25) is 0 Å². The number of carbonyl (C=O) groups is 1. The van der Waals surface area contributed by atoms with E-state index in [1.807, 2.05) is 30.9 Å². The van der Waals surface area contributed by atoms with Crippen LogP contribution in [-0.4, -0.2) is 41.9 Å². The highest BCUT2D eigenvalue weighted by Gasteiger charge is 2.22. The molecule has 23 heavy (non-hydrogen) atoms. The molecule has 3 rings (SSSR count). The number of halogens is 1. The van der Waals surface area contributed by atoms with Gasteiger partial charge in [-0.25, -0.2) is 0 Å². The molecule has 0 N–H and O–H groups in total. The van der Waals surface area contributed by atoms with Gasteiger partial charge in [-0.15, -0.1) is 11.3 Å². The number of aryl methyl sites for hydroxylation is 2. The van der Waals surface area contributed by atoms with Crippen LogP contribution >= 0.6 is 27.3 Å². The molecule has 0 saturated carbocycles. The number of rotatable bonds is 3. The molecule has 1 aromatic heterocycles. The Kier molecular flexibility index (Phi) is 5.19. The van der Waals surface area contributed by atoms with Crippen LogP contribution in [0, 0.1) is 13.8 Å². The van der Waals surface area contributed by atoms with E-state index in [1.165, 1.54) is 8.66 Å². The summed E-state index contributed by atoms with van der Waals surface area (Å²) in [5, 5.41) is 0. The van der Waals surface area contributed by atoms with Crippen LogP contribution in [0.5, 0.6) is 0 Å². The van der Waals surface area contributed by atoms with Gasteiger partial charge in [0.05, 0.1) is 3.79 Å². The van der Waals surface area contributed by atoms with Crippen molar-refractivity contribution in [3.8, 4) is 0 Å². The highest BCUT2D eigenvalue weighted by Crippen LogP contribution is 2.23. The molecule has 5 heteroatoms. The first kappa shape index (κ1) is 16.7. The zero-order chi connectivity index (χ0) is 16.4. The van der Waals surface area contributed by atoms with Crippen molar-refractivity contribution >= 4 is 33.2 Å². The Bertz CT molecular complexity index is 685. The fourth-order valence-electron chi connectivity index (χ4n) is 3.05. The highest BCUT2D eigenvalue weighted by atomic mass is 79.9. The van der Waals surface area contributed by atoms with E-state index in [9.17, 15) is 4.79 Å². The van der Waals surface area contributed by atoms with E-state index >= 15 is 0 Å². The minimum absolute atomic E-state index is 0.162. The fraction of sp³-hybridized carbons (Fsp3) is 0.389. The van der Waals surface area contributed by atoms with Crippen LogP contribution < -0.4 is 0 Å². The Morgan fingerprint density at radius 1 is 1.09 bits per heavy atom. The summed E-state index contributed by atoms with van der Waals surface area (Å²) in [4.78, 5) is 18.4. The maximum Gasteiger partial charge on any atom is 0.253 e. The van der Waals surface area contributed by atoms with Gasteiger partial charge in [-0.05, 0) is 54.0 Å². The van der Waals surface area contributed by atoms with Crippen LogP contribution in [0.1, 0.15) is 26.4 Å². The molecule has 2 heterocycles. The lowest BCUT2D eigenvalue weighted by molar-refractivity contribution is 0.0629. The number of amides is 1. The number of carbonyl (C=O) groups excluding carboxylic acids is 1. The first-order valence-electron chi connectivity index (χ1n) is 7.85. The number of nitrogens with zero attached hydrogens (tertiary/aromatic N) is 2. The summed E-state index contributed by atoms with van der Waals surface area (Å²) < 4.78 is 1.18. The van der Waals surface area contributed by atoms with E-state index in [0.717, 1.165) is 49.4 Å². The van der Waals surface area contributed by atoms with Crippen molar-refractivity contribution in [1.82, 2.24) is 9.80 Å². The molecule has 1 saturated heterocycles. The van der Waals surface area contributed by atoms with Gasteiger partial charge in [-0.3, -0.25) is 9.69 Å². The first-order valence-corrected chi connectivity index (χ1v) is 9.46. The van der Waals surface area contributed by atoms with Gasteiger partial charge in [0.15, 0.2) is 0 Å². The second kappa shape index (κ2) is 7.16. The number of thiophene rings is 1. The zero-order valence-corrected chi connectivity index (χ0v) is 15.9. The topological polar surface area (TPSA) is 23.6 Å². The van der Waals surface area contributed by atoms with Crippen LogP contribution in [0.2, 0.25) is 0 Å². The lowest BCUT2D eigenvalue weighted by atomic mass is 10.1. The highest BCUT2D eigenvalue weighted by molar-refractivity contribution is 9.11. The zero-order valence-electron chi connectivity index (χ0n) is 13.5. The molecule has 122 valence electrons. The molecule has 3 nitrogen and oxygen atoms in total. The molecular weight excluding hydrogens is 372 g/mol. The summed E-state index contributed by atoms with van der Waals surface area (Å²) in [6, 6.07) is 10.4. The third-order valence-electron chi connectivity index (χ3n) is 4.14. The fourth-order valence-corrected chi connectivity index (χ4v) is 4.57. The van der Waals surface area contributed by atoms with E-state index in [2.05, 4.69) is 39.0 Å². The molecule has 0 unspecified atom stereocenters. The minimum atomic E-state index is 0.162. The Labute approximate surface area is 150 Å². The van der Waals surface area contributed by atoms with Crippen molar-refractivity contribution in [2.24, 2.45) is 0 Å². The number of benzene rings is 1. The summed E-state index contributed by atoms with van der Waals surface area (Å²) in [5.74, 6) is 0.162. The van der Waals surface area contributed by atoms with Crippen molar-refractivity contribution in [2.45, 2.75) is 20.4 Å². The Balaban J connectivity index is 1.58. The molecule has 1 aliphatic rings. The molecule has 1 fully saturated rings. The summed E-state index contributed by atoms with van der Waals surface area (Å²) >= 11 is 5.29. The molecule has 0 aliphatic carbocycles. The number of hydrogen-bond donors (Lipinski definition) is 0. The summed E-state index contributed by atoms with van der Waals surface area (Å²) in [7, 11) is 0. The maximum atomic E-state index is 12.7. The second-order valence-electron chi connectivity index (χ2n) is 6.15. The third-order valence-corrected chi connectivity index (χ3v) is 5.74. The largest absolute Gasteiger partial charge is 0.336 e. The van der Waals surface area contributed by atoms with E-state index in [0.29, 0.717) is 0 Å². The summed E-state index contributed by atoms with van der Waals surface area (Å²) in [6.45, 7) is 8.54. The Morgan fingerprint density at radius 3 is 2.30 bits per heavy atom. The molecule has 2 aromatic rings. The standard InChI is InChI=1S/C18H21BrN2OS/c1-13-9-14(2)11-15(10-13)18(22)21-7-5-20(6-8-21)12-16-3-4-17(19)23-16/h3-4,9-11H,5-8,12H2,1-2H3. The first-order chi connectivity index (χ1) is 11.0. The lowest BCUT2D eigenvalue weighted by Gasteiger charge is -2.34. The quantitative estimate of drug-likeness (QED) is 0.785. The molecule has 0 spiro atoms. The predicted octanol–water partition coefficient (Wildman–Crippen LogP) is 4.09. The average molecular weight is 393 g/mol. The van der Waals surface area contributed by atoms with Gasteiger partial charge in [0, 0.05) is 43.2 Å².